The number of ether oxygens (including phenoxy) is 2. The second kappa shape index (κ2) is 6.58. The van der Waals surface area contributed by atoms with Gasteiger partial charge >= 0.3 is 0 Å². The second-order valence-electron chi connectivity index (χ2n) is 6.01. The van der Waals surface area contributed by atoms with E-state index in [0.29, 0.717) is 12.5 Å². The van der Waals surface area contributed by atoms with Crippen molar-refractivity contribution in [3.05, 3.63) is 35.9 Å². The van der Waals surface area contributed by atoms with E-state index in [4.69, 9.17) is 9.47 Å². The molecule has 4 atom stereocenters. The molecule has 1 N–H and O–H groups in total. The minimum atomic E-state index is -0.266. The van der Waals surface area contributed by atoms with Crippen LogP contribution in [0.4, 0.5) is 0 Å². The molecule has 0 spiro atoms. The lowest BCUT2D eigenvalue weighted by Crippen LogP contribution is -2.38. The number of carbonyl (C=O) groups excluding carboxylic acids is 1. The Hall–Kier alpha value is -1.39. The van der Waals surface area contributed by atoms with Crippen molar-refractivity contribution in [3.8, 4) is 0 Å². The summed E-state index contributed by atoms with van der Waals surface area (Å²) in [6.07, 6.45) is 2.81. The van der Waals surface area contributed by atoms with Crippen molar-refractivity contribution in [1.82, 2.24) is 5.32 Å². The Bertz CT molecular complexity index is 476. The lowest BCUT2D eigenvalue weighted by Gasteiger charge is -2.20. The van der Waals surface area contributed by atoms with Gasteiger partial charge in [0.15, 0.2) is 0 Å². The molecule has 0 bridgehead atoms. The average molecular weight is 289 g/mol. The van der Waals surface area contributed by atoms with Gasteiger partial charge in [0.05, 0.1) is 12.2 Å². The Balaban J connectivity index is 1.53. The highest BCUT2D eigenvalue weighted by Gasteiger charge is 2.32. The number of amides is 1. The van der Waals surface area contributed by atoms with Crippen molar-refractivity contribution in [2.45, 2.75) is 44.5 Å². The van der Waals surface area contributed by atoms with Crippen LogP contribution in [-0.2, 0) is 14.3 Å². The van der Waals surface area contributed by atoms with Crippen LogP contribution < -0.4 is 5.32 Å². The second-order valence-corrected chi connectivity index (χ2v) is 6.01. The van der Waals surface area contributed by atoms with Gasteiger partial charge in [0, 0.05) is 19.1 Å². The zero-order valence-corrected chi connectivity index (χ0v) is 12.5. The van der Waals surface area contributed by atoms with Gasteiger partial charge in [-0.3, -0.25) is 4.79 Å². The summed E-state index contributed by atoms with van der Waals surface area (Å²) >= 11 is 0. The molecular formula is C17H23NO3. The molecule has 2 heterocycles. The fraction of sp³-hybridized carbons (Fsp3) is 0.588. The van der Waals surface area contributed by atoms with Crippen molar-refractivity contribution in [2.75, 3.05) is 13.2 Å². The van der Waals surface area contributed by atoms with Gasteiger partial charge in [-0.15, -0.1) is 0 Å². The predicted octanol–water partition coefficient (Wildman–Crippen LogP) is 2.45. The fourth-order valence-corrected chi connectivity index (χ4v) is 3.20. The molecule has 1 aromatic rings. The van der Waals surface area contributed by atoms with Crippen LogP contribution in [0.1, 0.15) is 37.9 Å². The number of carbonyl (C=O) groups is 1. The first kappa shape index (κ1) is 14.5. The van der Waals surface area contributed by atoms with Gasteiger partial charge in [0.2, 0.25) is 5.91 Å². The molecule has 4 nitrogen and oxygen atoms in total. The third kappa shape index (κ3) is 3.44. The van der Waals surface area contributed by atoms with E-state index in [-0.39, 0.29) is 24.2 Å². The van der Waals surface area contributed by atoms with E-state index in [0.717, 1.165) is 25.9 Å². The molecule has 0 aliphatic carbocycles. The Morgan fingerprint density at radius 3 is 2.76 bits per heavy atom. The summed E-state index contributed by atoms with van der Waals surface area (Å²) in [7, 11) is 0. The van der Waals surface area contributed by atoms with Gasteiger partial charge in [-0.2, -0.15) is 0 Å². The number of hydrogen-bond acceptors (Lipinski definition) is 3. The molecule has 2 aliphatic rings. The van der Waals surface area contributed by atoms with Crippen molar-refractivity contribution in [2.24, 2.45) is 5.92 Å². The Morgan fingerprint density at radius 1 is 1.24 bits per heavy atom. The molecule has 0 unspecified atom stereocenters. The van der Waals surface area contributed by atoms with E-state index in [9.17, 15) is 4.79 Å². The Morgan fingerprint density at radius 2 is 2.05 bits per heavy atom. The Kier molecular flexibility index (Phi) is 4.56. The third-order valence-corrected chi connectivity index (χ3v) is 4.41. The van der Waals surface area contributed by atoms with Crippen LogP contribution in [0.2, 0.25) is 0 Å². The quantitative estimate of drug-likeness (QED) is 0.926. The Labute approximate surface area is 125 Å². The largest absolute Gasteiger partial charge is 0.373 e. The molecule has 2 aliphatic heterocycles. The first-order valence-electron chi connectivity index (χ1n) is 7.84. The summed E-state index contributed by atoms with van der Waals surface area (Å²) in [5.74, 6) is 0.369. The number of benzene rings is 1. The normalized spacial score (nSPS) is 32.2. The van der Waals surface area contributed by atoms with Crippen LogP contribution in [0.5, 0.6) is 0 Å². The van der Waals surface area contributed by atoms with E-state index in [1.54, 1.807) is 0 Å². The van der Waals surface area contributed by atoms with Crippen molar-refractivity contribution in [3.63, 3.8) is 0 Å². The van der Waals surface area contributed by atoms with Gasteiger partial charge in [-0.1, -0.05) is 30.3 Å². The summed E-state index contributed by atoms with van der Waals surface area (Å²) < 4.78 is 11.5. The standard InChI is InChI=1S/C17H23NO3/c1-12-7-8-15(21-12)17(19)18-11-14-9-10-20-16(14)13-5-3-2-4-6-13/h2-6,12,14-16H,7-11H2,1H3,(H,18,19)/t12-,14-,15+,16-/m1/s1. The maximum atomic E-state index is 12.1. The van der Waals surface area contributed by atoms with Crippen molar-refractivity contribution >= 4 is 5.91 Å². The molecular weight excluding hydrogens is 266 g/mol. The lowest BCUT2D eigenvalue weighted by molar-refractivity contribution is -0.132. The molecule has 3 rings (SSSR count). The number of rotatable bonds is 4. The fourth-order valence-electron chi connectivity index (χ4n) is 3.20. The van der Waals surface area contributed by atoms with Gasteiger partial charge < -0.3 is 14.8 Å². The van der Waals surface area contributed by atoms with Gasteiger partial charge in [-0.25, -0.2) is 0 Å². The molecule has 114 valence electrons. The molecule has 0 saturated carbocycles. The zero-order valence-electron chi connectivity index (χ0n) is 12.5. The topological polar surface area (TPSA) is 47.6 Å². The molecule has 2 fully saturated rings. The molecule has 1 amide bonds. The van der Waals surface area contributed by atoms with E-state index in [1.807, 2.05) is 25.1 Å². The molecule has 1 aromatic carbocycles. The first-order valence-corrected chi connectivity index (χ1v) is 7.84. The van der Waals surface area contributed by atoms with Crippen LogP contribution in [0.25, 0.3) is 0 Å². The van der Waals surface area contributed by atoms with Crippen LogP contribution in [-0.4, -0.2) is 31.3 Å². The molecule has 21 heavy (non-hydrogen) atoms. The minimum Gasteiger partial charge on any atom is -0.373 e. The molecule has 0 radical (unpaired) electrons. The smallest absolute Gasteiger partial charge is 0.249 e. The zero-order chi connectivity index (χ0) is 14.7. The molecule has 0 aromatic heterocycles. The van der Waals surface area contributed by atoms with Gasteiger partial charge in [-0.05, 0) is 31.7 Å². The SMILES string of the molecule is C[C@@H]1CC[C@@H](C(=O)NC[C@H]2CCO[C@@H]2c2ccccc2)O1. The predicted molar refractivity (Wildman–Crippen MR) is 79.8 cm³/mol. The van der Waals surface area contributed by atoms with Crippen molar-refractivity contribution in [1.29, 1.82) is 0 Å². The van der Waals surface area contributed by atoms with Crippen LogP contribution >= 0.6 is 0 Å². The van der Waals surface area contributed by atoms with Crippen molar-refractivity contribution < 1.29 is 14.3 Å². The molecule has 2 saturated heterocycles. The highest BCUT2D eigenvalue weighted by atomic mass is 16.5. The average Bonchev–Trinajstić information content (AvgIpc) is 3.14. The molecule has 4 heteroatoms. The third-order valence-electron chi connectivity index (χ3n) is 4.41. The summed E-state index contributed by atoms with van der Waals surface area (Å²) in [5.41, 5.74) is 1.19. The number of hydrogen-bond donors (Lipinski definition) is 1. The number of nitrogens with one attached hydrogen (secondary N) is 1. The van der Waals surface area contributed by atoms with Gasteiger partial charge in [0.1, 0.15) is 6.10 Å². The summed E-state index contributed by atoms with van der Waals surface area (Å²) in [4.78, 5) is 12.1. The van der Waals surface area contributed by atoms with E-state index >= 15 is 0 Å². The highest BCUT2D eigenvalue weighted by molar-refractivity contribution is 5.81. The van der Waals surface area contributed by atoms with Gasteiger partial charge in [0.25, 0.3) is 0 Å². The maximum absolute atomic E-state index is 12.1. The monoisotopic (exact) mass is 289 g/mol. The van der Waals surface area contributed by atoms with E-state index in [2.05, 4.69) is 17.4 Å². The van der Waals surface area contributed by atoms with E-state index < -0.39 is 0 Å². The maximum Gasteiger partial charge on any atom is 0.249 e. The van der Waals surface area contributed by atoms with Crippen LogP contribution in [0, 0.1) is 5.92 Å². The minimum absolute atomic E-state index is 0.0260. The first-order chi connectivity index (χ1) is 10.2. The van der Waals surface area contributed by atoms with Crippen LogP contribution in [0.3, 0.4) is 0 Å². The summed E-state index contributed by atoms with van der Waals surface area (Å²) in [6.45, 7) is 3.44. The lowest BCUT2D eigenvalue weighted by atomic mass is 9.95. The van der Waals surface area contributed by atoms with E-state index in [1.165, 1.54) is 5.56 Å². The summed E-state index contributed by atoms with van der Waals surface area (Å²) in [6, 6.07) is 10.2. The highest BCUT2D eigenvalue weighted by Crippen LogP contribution is 2.34. The van der Waals surface area contributed by atoms with Crippen LogP contribution in [0.15, 0.2) is 30.3 Å². The summed E-state index contributed by atoms with van der Waals surface area (Å²) in [5, 5.41) is 3.04.